The summed E-state index contributed by atoms with van der Waals surface area (Å²) in [5, 5.41) is 6.17. The van der Waals surface area contributed by atoms with E-state index in [-0.39, 0.29) is 15.7 Å². The van der Waals surface area contributed by atoms with Gasteiger partial charge in [0.05, 0.1) is 10.6 Å². The van der Waals surface area contributed by atoms with Crippen LogP contribution in [0.25, 0.3) is 5.69 Å². The Hall–Kier alpha value is -2.92. The summed E-state index contributed by atoms with van der Waals surface area (Å²) in [5.74, 6) is 0. The summed E-state index contributed by atoms with van der Waals surface area (Å²) < 4.78 is 66.7. The molecule has 0 saturated heterocycles. The molecule has 0 saturated carbocycles. The quantitative estimate of drug-likeness (QED) is 0.603. The molecule has 3 aromatic rings. The predicted molar refractivity (Wildman–Crippen MR) is 106 cm³/mol. The molecule has 2 N–H and O–H groups in total. The molecule has 0 amide bonds. The highest BCUT2D eigenvalue weighted by molar-refractivity contribution is 7.92. The number of benzene rings is 2. The number of aromatic nitrogens is 2. The standard InChI is InChI=1S/C18H15F3N4O2S2/c1-12-11-16(18(19,20)21)23-25(12)14-7-9-15(10-8-14)29(26,27)24-17(28)22-13-5-3-2-4-6-13/h2-11H,1H3,(H2,22,24,28). The Balaban J connectivity index is 1.77. The van der Waals surface area contributed by atoms with Gasteiger partial charge >= 0.3 is 6.18 Å². The van der Waals surface area contributed by atoms with Crippen LogP contribution in [0.1, 0.15) is 11.4 Å². The molecule has 29 heavy (non-hydrogen) atoms. The summed E-state index contributed by atoms with van der Waals surface area (Å²) in [5.41, 5.74) is 0.150. The average Bonchev–Trinajstić information content (AvgIpc) is 3.04. The lowest BCUT2D eigenvalue weighted by atomic mass is 10.3. The number of alkyl halides is 3. The van der Waals surface area contributed by atoms with Gasteiger partial charge < -0.3 is 5.32 Å². The minimum atomic E-state index is -4.56. The van der Waals surface area contributed by atoms with E-state index in [1.165, 1.54) is 31.2 Å². The molecule has 152 valence electrons. The van der Waals surface area contributed by atoms with E-state index >= 15 is 0 Å². The maximum atomic E-state index is 12.8. The van der Waals surface area contributed by atoms with E-state index in [9.17, 15) is 21.6 Å². The molecule has 2 aromatic carbocycles. The van der Waals surface area contributed by atoms with E-state index in [4.69, 9.17) is 12.2 Å². The van der Waals surface area contributed by atoms with Gasteiger partial charge in [-0.15, -0.1) is 0 Å². The van der Waals surface area contributed by atoms with E-state index < -0.39 is 21.9 Å². The molecule has 0 atom stereocenters. The fourth-order valence-corrected chi connectivity index (χ4v) is 3.85. The Morgan fingerprint density at radius 2 is 1.69 bits per heavy atom. The van der Waals surface area contributed by atoms with E-state index in [1.54, 1.807) is 30.3 Å². The molecule has 0 fully saturated rings. The average molecular weight is 440 g/mol. The maximum absolute atomic E-state index is 12.8. The van der Waals surface area contributed by atoms with Crippen LogP contribution in [0.2, 0.25) is 0 Å². The van der Waals surface area contributed by atoms with Gasteiger partial charge in [-0.25, -0.2) is 13.1 Å². The van der Waals surface area contributed by atoms with Crippen molar-refractivity contribution in [3.05, 3.63) is 72.1 Å². The normalized spacial score (nSPS) is 11.9. The second-order valence-corrected chi connectivity index (χ2v) is 8.09. The van der Waals surface area contributed by atoms with Gasteiger partial charge in [-0.1, -0.05) is 18.2 Å². The van der Waals surface area contributed by atoms with Crippen molar-refractivity contribution in [1.29, 1.82) is 0 Å². The van der Waals surface area contributed by atoms with Gasteiger partial charge in [0.15, 0.2) is 10.8 Å². The molecule has 0 aliphatic heterocycles. The van der Waals surface area contributed by atoms with Crippen LogP contribution in [-0.2, 0) is 16.2 Å². The van der Waals surface area contributed by atoms with Gasteiger partial charge in [0.1, 0.15) is 0 Å². The van der Waals surface area contributed by atoms with Gasteiger partial charge in [-0.3, -0.25) is 4.72 Å². The summed E-state index contributed by atoms with van der Waals surface area (Å²) in [7, 11) is -3.97. The summed E-state index contributed by atoms with van der Waals surface area (Å²) in [4.78, 5) is -0.0979. The summed E-state index contributed by atoms with van der Waals surface area (Å²) in [6.45, 7) is 1.47. The van der Waals surface area contributed by atoms with E-state index in [0.29, 0.717) is 11.4 Å². The van der Waals surface area contributed by atoms with E-state index in [2.05, 4.69) is 15.1 Å². The number of sulfonamides is 1. The Labute approximate surface area is 170 Å². The number of anilines is 1. The van der Waals surface area contributed by atoms with Crippen molar-refractivity contribution < 1.29 is 21.6 Å². The number of rotatable bonds is 4. The van der Waals surface area contributed by atoms with Crippen LogP contribution in [0.5, 0.6) is 0 Å². The predicted octanol–water partition coefficient (Wildman–Crippen LogP) is 3.87. The van der Waals surface area contributed by atoms with Gasteiger partial charge in [-0.05, 0) is 61.6 Å². The number of thiocarbonyl (C=S) groups is 1. The highest BCUT2D eigenvalue weighted by Gasteiger charge is 2.34. The molecule has 11 heteroatoms. The number of nitrogens with zero attached hydrogens (tertiary/aromatic N) is 2. The van der Waals surface area contributed by atoms with Gasteiger partial charge in [-0.2, -0.15) is 18.3 Å². The number of halogens is 3. The SMILES string of the molecule is Cc1cc(C(F)(F)F)nn1-c1ccc(S(=O)(=O)NC(=S)Nc2ccccc2)cc1. The Bertz CT molecular complexity index is 1130. The maximum Gasteiger partial charge on any atom is 0.435 e. The highest BCUT2D eigenvalue weighted by Crippen LogP contribution is 2.29. The first kappa shape index (κ1) is 20.8. The largest absolute Gasteiger partial charge is 0.435 e. The fraction of sp³-hybridized carbons (Fsp3) is 0.111. The van der Waals surface area contributed by atoms with Crippen molar-refractivity contribution in [3.8, 4) is 5.69 Å². The number of aryl methyl sites for hydroxylation is 1. The van der Waals surface area contributed by atoms with Crippen LogP contribution in [0.15, 0.2) is 65.6 Å². The minimum absolute atomic E-state index is 0.0979. The van der Waals surface area contributed by atoms with Crippen molar-refractivity contribution in [1.82, 2.24) is 14.5 Å². The first-order valence-corrected chi connectivity index (χ1v) is 10.1. The summed E-state index contributed by atoms with van der Waals surface area (Å²) in [6.07, 6.45) is -4.56. The fourth-order valence-electron chi connectivity index (χ4n) is 2.50. The molecule has 0 bridgehead atoms. The second-order valence-electron chi connectivity index (χ2n) is 6.00. The molecule has 0 spiro atoms. The zero-order chi connectivity index (χ0) is 21.2. The third kappa shape index (κ3) is 4.93. The lowest BCUT2D eigenvalue weighted by molar-refractivity contribution is -0.141. The minimum Gasteiger partial charge on any atom is -0.332 e. The Morgan fingerprint density at radius 1 is 1.07 bits per heavy atom. The molecule has 1 aromatic heterocycles. The molecular formula is C18H15F3N4O2S2. The van der Waals surface area contributed by atoms with Crippen molar-refractivity contribution in [2.45, 2.75) is 18.0 Å². The third-order valence-electron chi connectivity index (χ3n) is 3.83. The molecule has 3 rings (SSSR count). The Kier molecular flexibility index (Phi) is 5.62. The first-order valence-electron chi connectivity index (χ1n) is 8.19. The number of para-hydroxylation sites is 1. The topological polar surface area (TPSA) is 76.0 Å². The second kappa shape index (κ2) is 7.84. The van der Waals surface area contributed by atoms with Crippen LogP contribution in [0.3, 0.4) is 0 Å². The molecule has 1 heterocycles. The van der Waals surface area contributed by atoms with Gasteiger partial charge in [0, 0.05) is 11.4 Å². The van der Waals surface area contributed by atoms with Gasteiger partial charge in [0.2, 0.25) is 0 Å². The summed E-state index contributed by atoms with van der Waals surface area (Å²) >= 11 is 5.02. The molecule has 0 unspecified atom stereocenters. The van der Waals surface area contributed by atoms with E-state index in [0.717, 1.165) is 10.7 Å². The zero-order valence-corrected chi connectivity index (χ0v) is 16.6. The number of nitrogens with one attached hydrogen (secondary N) is 2. The van der Waals surface area contributed by atoms with Crippen molar-refractivity contribution in [3.63, 3.8) is 0 Å². The van der Waals surface area contributed by atoms with Crippen LogP contribution >= 0.6 is 12.2 Å². The third-order valence-corrected chi connectivity index (χ3v) is 5.53. The van der Waals surface area contributed by atoms with Crippen LogP contribution in [0.4, 0.5) is 18.9 Å². The summed E-state index contributed by atoms with van der Waals surface area (Å²) in [6, 6.07) is 14.9. The van der Waals surface area contributed by atoms with Crippen LogP contribution in [0, 0.1) is 6.92 Å². The zero-order valence-electron chi connectivity index (χ0n) is 14.9. The van der Waals surface area contributed by atoms with Crippen LogP contribution < -0.4 is 10.0 Å². The van der Waals surface area contributed by atoms with Crippen molar-refractivity contribution >= 4 is 33.0 Å². The molecule has 0 aliphatic carbocycles. The van der Waals surface area contributed by atoms with Crippen molar-refractivity contribution in [2.24, 2.45) is 0 Å². The monoisotopic (exact) mass is 440 g/mol. The lowest BCUT2D eigenvalue weighted by Crippen LogP contribution is -2.34. The van der Waals surface area contributed by atoms with E-state index in [1.807, 2.05) is 0 Å². The smallest absolute Gasteiger partial charge is 0.332 e. The van der Waals surface area contributed by atoms with Gasteiger partial charge in [0.25, 0.3) is 10.0 Å². The lowest BCUT2D eigenvalue weighted by Gasteiger charge is -2.12. The highest BCUT2D eigenvalue weighted by atomic mass is 32.2. The number of hydrogen-bond donors (Lipinski definition) is 2. The van der Waals surface area contributed by atoms with Crippen molar-refractivity contribution in [2.75, 3.05) is 5.32 Å². The molecule has 0 aliphatic rings. The number of hydrogen-bond acceptors (Lipinski definition) is 4. The van der Waals surface area contributed by atoms with Crippen LogP contribution in [-0.4, -0.2) is 23.3 Å². The molecular weight excluding hydrogens is 425 g/mol. The first-order chi connectivity index (χ1) is 13.6. The molecule has 0 radical (unpaired) electrons. The molecule has 6 nitrogen and oxygen atoms in total. The Morgan fingerprint density at radius 3 is 2.24 bits per heavy atom.